The van der Waals surface area contributed by atoms with Crippen LogP contribution < -0.4 is 9.64 Å². The van der Waals surface area contributed by atoms with Gasteiger partial charge in [-0.3, -0.25) is 9.59 Å². The molecule has 0 saturated heterocycles. The molecule has 0 fully saturated rings. The van der Waals surface area contributed by atoms with Crippen molar-refractivity contribution < 1.29 is 28.2 Å². The highest BCUT2D eigenvalue weighted by Gasteiger charge is 2.48. The van der Waals surface area contributed by atoms with E-state index in [-0.39, 0.29) is 21.3 Å². The molecule has 1 aliphatic heterocycles. The molecule has 1 aromatic heterocycles. The van der Waals surface area contributed by atoms with E-state index in [1.165, 1.54) is 25.1 Å². The zero-order valence-corrected chi connectivity index (χ0v) is 14.7. The van der Waals surface area contributed by atoms with Gasteiger partial charge in [0.05, 0.1) is 22.3 Å². The number of ether oxygens (including phenoxy) is 1. The standard InChI is InChI=1S/C18H12F2N2O4S/c1-18(8-14(23)24)16(25)22(12-7-9(19)5-6-13(12)26-18)17-21-11-4-2-3-10(20)15(11)27-17/h2-7H,8H2,1H3,(H,23,24). The van der Waals surface area contributed by atoms with Gasteiger partial charge in [0.2, 0.25) is 0 Å². The highest BCUT2D eigenvalue weighted by molar-refractivity contribution is 7.22. The number of amides is 1. The molecular weight excluding hydrogens is 378 g/mol. The molecule has 138 valence electrons. The van der Waals surface area contributed by atoms with Crippen LogP contribution in [-0.4, -0.2) is 27.6 Å². The maximum absolute atomic E-state index is 14.1. The van der Waals surface area contributed by atoms with Gasteiger partial charge in [0.1, 0.15) is 17.4 Å². The fourth-order valence-electron chi connectivity index (χ4n) is 2.97. The number of benzene rings is 2. The number of nitrogens with zero attached hydrogens (tertiary/aromatic N) is 2. The van der Waals surface area contributed by atoms with Crippen molar-refractivity contribution in [2.45, 2.75) is 18.9 Å². The molecular formula is C18H12F2N2O4S. The second-order valence-electron chi connectivity index (χ2n) is 6.24. The first kappa shape index (κ1) is 17.3. The molecule has 0 aliphatic carbocycles. The SMILES string of the molecule is CC1(CC(=O)O)Oc2ccc(F)cc2N(c2nc3cccc(F)c3s2)C1=O. The number of carboxylic acids is 1. The van der Waals surface area contributed by atoms with Crippen LogP contribution in [0.2, 0.25) is 0 Å². The highest BCUT2D eigenvalue weighted by Crippen LogP contribution is 2.45. The second kappa shape index (κ2) is 5.98. The van der Waals surface area contributed by atoms with Crippen LogP contribution in [0.3, 0.4) is 0 Å². The van der Waals surface area contributed by atoms with E-state index >= 15 is 0 Å². The molecule has 0 radical (unpaired) electrons. The third-order valence-corrected chi connectivity index (χ3v) is 5.25. The number of carbonyl (C=O) groups is 2. The third kappa shape index (κ3) is 2.80. The molecule has 6 nitrogen and oxygen atoms in total. The summed E-state index contributed by atoms with van der Waals surface area (Å²) < 4.78 is 33.7. The zero-order chi connectivity index (χ0) is 19.3. The lowest BCUT2D eigenvalue weighted by molar-refractivity contribution is -0.148. The van der Waals surface area contributed by atoms with Gasteiger partial charge in [0, 0.05) is 6.07 Å². The van der Waals surface area contributed by atoms with Gasteiger partial charge in [0.25, 0.3) is 5.91 Å². The Morgan fingerprint density at radius 3 is 2.81 bits per heavy atom. The molecule has 0 bridgehead atoms. The lowest BCUT2D eigenvalue weighted by Gasteiger charge is -2.38. The van der Waals surface area contributed by atoms with E-state index in [1.54, 1.807) is 6.07 Å². The predicted octanol–water partition coefficient (Wildman–Crippen LogP) is 3.87. The van der Waals surface area contributed by atoms with E-state index in [0.29, 0.717) is 5.52 Å². The predicted molar refractivity (Wildman–Crippen MR) is 94.4 cm³/mol. The van der Waals surface area contributed by atoms with Crippen LogP contribution in [0.4, 0.5) is 19.6 Å². The number of hydrogen-bond donors (Lipinski definition) is 1. The van der Waals surface area contributed by atoms with Crippen LogP contribution in [0, 0.1) is 11.6 Å². The minimum absolute atomic E-state index is 0.0855. The number of aliphatic carboxylic acids is 1. The first-order valence-electron chi connectivity index (χ1n) is 7.88. The van der Waals surface area contributed by atoms with Crippen molar-refractivity contribution in [3.05, 3.63) is 48.0 Å². The Hall–Kier alpha value is -3.07. The van der Waals surface area contributed by atoms with E-state index in [0.717, 1.165) is 28.4 Å². The van der Waals surface area contributed by atoms with Crippen LogP contribution in [0.1, 0.15) is 13.3 Å². The number of aromatic nitrogens is 1. The van der Waals surface area contributed by atoms with Crippen molar-refractivity contribution in [1.82, 2.24) is 4.98 Å². The monoisotopic (exact) mass is 390 g/mol. The van der Waals surface area contributed by atoms with Crippen LogP contribution >= 0.6 is 11.3 Å². The van der Waals surface area contributed by atoms with Crippen LogP contribution in [0.15, 0.2) is 36.4 Å². The first-order valence-corrected chi connectivity index (χ1v) is 8.70. The number of carbonyl (C=O) groups excluding carboxylic acids is 1. The summed E-state index contributed by atoms with van der Waals surface area (Å²) in [6.45, 7) is 1.34. The Morgan fingerprint density at radius 1 is 1.33 bits per heavy atom. The molecule has 1 atom stereocenters. The number of halogens is 2. The molecule has 4 rings (SSSR count). The van der Waals surface area contributed by atoms with Gasteiger partial charge < -0.3 is 9.84 Å². The Bertz CT molecular complexity index is 1100. The molecule has 0 spiro atoms. The number of anilines is 2. The van der Waals surface area contributed by atoms with Gasteiger partial charge in [-0.2, -0.15) is 0 Å². The minimum atomic E-state index is -1.72. The highest BCUT2D eigenvalue weighted by atomic mass is 32.1. The summed E-state index contributed by atoms with van der Waals surface area (Å²) in [4.78, 5) is 29.7. The van der Waals surface area contributed by atoms with E-state index < -0.39 is 35.5 Å². The molecule has 9 heteroatoms. The van der Waals surface area contributed by atoms with Crippen molar-refractivity contribution in [2.24, 2.45) is 0 Å². The normalized spacial score (nSPS) is 19.1. The van der Waals surface area contributed by atoms with E-state index in [1.807, 2.05) is 0 Å². The van der Waals surface area contributed by atoms with Gasteiger partial charge >= 0.3 is 5.97 Å². The summed E-state index contributed by atoms with van der Waals surface area (Å²) in [5.41, 5.74) is -1.29. The van der Waals surface area contributed by atoms with Gasteiger partial charge in [-0.1, -0.05) is 17.4 Å². The summed E-state index contributed by atoms with van der Waals surface area (Å²) in [6, 6.07) is 7.91. The first-order chi connectivity index (χ1) is 12.8. The molecule has 1 amide bonds. The quantitative estimate of drug-likeness (QED) is 0.735. The third-order valence-electron chi connectivity index (χ3n) is 4.19. The Morgan fingerprint density at radius 2 is 2.11 bits per heavy atom. The molecule has 3 aromatic rings. The van der Waals surface area contributed by atoms with E-state index in [2.05, 4.69) is 4.98 Å². The summed E-state index contributed by atoms with van der Waals surface area (Å²) in [6.07, 6.45) is -0.599. The molecule has 1 aliphatic rings. The summed E-state index contributed by atoms with van der Waals surface area (Å²) >= 11 is 0.917. The average molecular weight is 390 g/mol. The molecule has 1 N–H and O–H groups in total. The van der Waals surface area contributed by atoms with E-state index in [9.17, 15) is 23.5 Å². The second-order valence-corrected chi connectivity index (χ2v) is 7.22. The van der Waals surface area contributed by atoms with Gasteiger partial charge in [-0.25, -0.2) is 18.7 Å². The molecule has 0 saturated carbocycles. The maximum atomic E-state index is 14.1. The fourth-order valence-corrected chi connectivity index (χ4v) is 3.96. The Labute approximate surface area is 155 Å². The maximum Gasteiger partial charge on any atom is 0.307 e. The van der Waals surface area contributed by atoms with Gasteiger partial charge in [-0.15, -0.1) is 0 Å². The van der Waals surface area contributed by atoms with Crippen molar-refractivity contribution in [2.75, 3.05) is 4.90 Å². The number of thiazole rings is 1. The number of hydrogen-bond acceptors (Lipinski definition) is 5. The molecule has 1 unspecified atom stereocenters. The fraction of sp³-hybridized carbons (Fsp3) is 0.167. The van der Waals surface area contributed by atoms with Gasteiger partial charge in [0.15, 0.2) is 10.7 Å². The number of rotatable bonds is 3. The molecule has 2 aromatic carbocycles. The number of fused-ring (bicyclic) bond motifs is 2. The van der Waals surface area contributed by atoms with Gasteiger partial charge in [-0.05, 0) is 31.2 Å². The summed E-state index contributed by atoms with van der Waals surface area (Å²) in [5.74, 6) is -2.91. The summed E-state index contributed by atoms with van der Waals surface area (Å²) in [5, 5.41) is 9.28. The van der Waals surface area contributed by atoms with Crippen molar-refractivity contribution in [3.8, 4) is 5.75 Å². The van der Waals surface area contributed by atoms with Crippen LogP contribution in [0.25, 0.3) is 10.2 Å². The van der Waals surface area contributed by atoms with Crippen molar-refractivity contribution in [3.63, 3.8) is 0 Å². The average Bonchev–Trinajstić information content (AvgIpc) is 3.01. The molecule has 27 heavy (non-hydrogen) atoms. The van der Waals surface area contributed by atoms with Crippen LogP contribution in [0.5, 0.6) is 5.75 Å². The number of carboxylic acid groups (broad SMARTS) is 1. The summed E-state index contributed by atoms with van der Waals surface area (Å²) in [7, 11) is 0. The minimum Gasteiger partial charge on any atom is -0.481 e. The largest absolute Gasteiger partial charge is 0.481 e. The lowest BCUT2D eigenvalue weighted by Crippen LogP contribution is -2.53. The van der Waals surface area contributed by atoms with Crippen molar-refractivity contribution >= 4 is 44.2 Å². The van der Waals surface area contributed by atoms with E-state index in [4.69, 9.17) is 4.74 Å². The lowest BCUT2D eigenvalue weighted by atomic mass is 9.97. The van der Waals surface area contributed by atoms with Crippen LogP contribution in [-0.2, 0) is 9.59 Å². The van der Waals surface area contributed by atoms with Crippen molar-refractivity contribution in [1.29, 1.82) is 0 Å². The Balaban J connectivity index is 1.93. The zero-order valence-electron chi connectivity index (χ0n) is 13.9. The Kier molecular flexibility index (Phi) is 3.84. The smallest absolute Gasteiger partial charge is 0.307 e. The molecule has 2 heterocycles. The topological polar surface area (TPSA) is 79.7 Å².